The first-order valence-corrected chi connectivity index (χ1v) is 5.23. The van der Waals surface area contributed by atoms with Gasteiger partial charge in [0, 0.05) is 6.54 Å². The Balaban J connectivity index is 0.00000128. The summed E-state index contributed by atoms with van der Waals surface area (Å²) in [7, 11) is 0. The minimum absolute atomic E-state index is 0. The van der Waals surface area contributed by atoms with Crippen LogP contribution in [0, 0.1) is 6.92 Å². The lowest BCUT2D eigenvalue weighted by Gasteiger charge is -2.11. The van der Waals surface area contributed by atoms with E-state index < -0.39 is 5.54 Å². The SMILES string of the molecule is Cc1ccccc1CNC(=O)C1(N)CC1.Cl. The molecule has 3 N–H and O–H groups in total. The lowest BCUT2D eigenvalue weighted by molar-refractivity contribution is -0.123. The molecule has 0 bridgehead atoms. The summed E-state index contributed by atoms with van der Waals surface area (Å²) in [6, 6.07) is 8.03. The van der Waals surface area contributed by atoms with E-state index in [0.717, 1.165) is 18.4 Å². The summed E-state index contributed by atoms with van der Waals surface area (Å²) >= 11 is 0. The van der Waals surface area contributed by atoms with Crippen LogP contribution in [0.3, 0.4) is 0 Å². The van der Waals surface area contributed by atoms with Crippen molar-refractivity contribution >= 4 is 18.3 Å². The maximum absolute atomic E-state index is 11.6. The molecule has 1 amide bonds. The molecule has 0 heterocycles. The van der Waals surface area contributed by atoms with Gasteiger partial charge in [-0.15, -0.1) is 12.4 Å². The van der Waals surface area contributed by atoms with Gasteiger partial charge < -0.3 is 11.1 Å². The van der Waals surface area contributed by atoms with Crippen LogP contribution in [0.1, 0.15) is 24.0 Å². The van der Waals surface area contributed by atoms with E-state index in [9.17, 15) is 4.79 Å². The number of nitrogens with two attached hydrogens (primary N) is 1. The number of halogens is 1. The summed E-state index contributed by atoms with van der Waals surface area (Å²) in [5.74, 6) is -0.0225. The molecule has 2 rings (SSSR count). The fraction of sp³-hybridized carbons (Fsp3) is 0.417. The Labute approximate surface area is 102 Å². The van der Waals surface area contributed by atoms with E-state index in [2.05, 4.69) is 5.32 Å². The molecule has 0 unspecified atom stereocenters. The van der Waals surface area contributed by atoms with Crippen LogP contribution >= 0.6 is 12.4 Å². The fourth-order valence-electron chi connectivity index (χ4n) is 1.52. The molecule has 1 saturated carbocycles. The Morgan fingerprint density at radius 3 is 2.62 bits per heavy atom. The molecule has 4 heteroatoms. The van der Waals surface area contributed by atoms with E-state index in [1.807, 2.05) is 31.2 Å². The molecule has 1 aliphatic carbocycles. The molecule has 88 valence electrons. The van der Waals surface area contributed by atoms with Crippen LogP contribution in [0.25, 0.3) is 0 Å². The Morgan fingerprint density at radius 2 is 2.06 bits per heavy atom. The molecule has 1 aromatic rings. The quantitative estimate of drug-likeness (QED) is 0.842. The van der Waals surface area contributed by atoms with Gasteiger partial charge in [0.05, 0.1) is 5.54 Å². The summed E-state index contributed by atoms with van der Waals surface area (Å²) in [4.78, 5) is 11.6. The van der Waals surface area contributed by atoms with E-state index in [-0.39, 0.29) is 18.3 Å². The van der Waals surface area contributed by atoms with Crippen molar-refractivity contribution in [1.82, 2.24) is 5.32 Å². The van der Waals surface area contributed by atoms with Gasteiger partial charge in [-0.05, 0) is 30.9 Å². The van der Waals surface area contributed by atoms with Crippen molar-refractivity contribution in [3.63, 3.8) is 0 Å². The van der Waals surface area contributed by atoms with Crippen molar-refractivity contribution in [3.05, 3.63) is 35.4 Å². The third kappa shape index (κ3) is 2.74. The Bertz CT molecular complexity index is 388. The highest BCUT2D eigenvalue weighted by Crippen LogP contribution is 2.32. The predicted octanol–water partition coefficient (Wildman–Crippen LogP) is 1.52. The van der Waals surface area contributed by atoms with Gasteiger partial charge in [-0.1, -0.05) is 24.3 Å². The first-order chi connectivity index (χ1) is 7.12. The minimum atomic E-state index is -0.567. The zero-order valence-corrected chi connectivity index (χ0v) is 10.1. The molecular weight excluding hydrogens is 224 g/mol. The van der Waals surface area contributed by atoms with E-state index >= 15 is 0 Å². The summed E-state index contributed by atoms with van der Waals surface area (Å²) in [6.45, 7) is 2.61. The average molecular weight is 241 g/mol. The molecule has 0 spiro atoms. The van der Waals surface area contributed by atoms with Crippen LogP contribution in [0.5, 0.6) is 0 Å². The lowest BCUT2D eigenvalue weighted by Crippen LogP contribution is -2.42. The van der Waals surface area contributed by atoms with Crippen LogP contribution < -0.4 is 11.1 Å². The van der Waals surface area contributed by atoms with Gasteiger partial charge in [-0.2, -0.15) is 0 Å². The number of aryl methyl sites for hydroxylation is 1. The van der Waals surface area contributed by atoms with Gasteiger partial charge in [0.25, 0.3) is 0 Å². The van der Waals surface area contributed by atoms with Crippen LogP contribution in [0.4, 0.5) is 0 Å². The predicted molar refractivity (Wildman–Crippen MR) is 66.4 cm³/mol. The van der Waals surface area contributed by atoms with Gasteiger partial charge in [0.15, 0.2) is 0 Å². The van der Waals surface area contributed by atoms with Crippen LogP contribution in [-0.4, -0.2) is 11.4 Å². The van der Waals surface area contributed by atoms with Crippen molar-refractivity contribution in [2.45, 2.75) is 31.8 Å². The summed E-state index contributed by atoms with van der Waals surface area (Å²) in [6.07, 6.45) is 1.62. The van der Waals surface area contributed by atoms with E-state index in [1.165, 1.54) is 5.56 Å². The summed E-state index contributed by atoms with van der Waals surface area (Å²) < 4.78 is 0. The maximum atomic E-state index is 11.6. The number of amides is 1. The normalized spacial score (nSPS) is 16.1. The zero-order chi connectivity index (χ0) is 10.9. The fourth-order valence-corrected chi connectivity index (χ4v) is 1.52. The number of nitrogens with one attached hydrogen (secondary N) is 1. The second-order valence-electron chi connectivity index (χ2n) is 4.27. The molecular formula is C12H17ClN2O. The molecule has 0 aliphatic heterocycles. The zero-order valence-electron chi connectivity index (χ0n) is 9.32. The van der Waals surface area contributed by atoms with Gasteiger partial charge >= 0.3 is 0 Å². The highest BCUT2D eigenvalue weighted by atomic mass is 35.5. The molecule has 0 atom stereocenters. The molecule has 0 radical (unpaired) electrons. The monoisotopic (exact) mass is 240 g/mol. The maximum Gasteiger partial charge on any atom is 0.240 e. The average Bonchev–Trinajstić information content (AvgIpc) is 2.96. The number of rotatable bonds is 3. The summed E-state index contributed by atoms with van der Waals surface area (Å²) in [5.41, 5.74) is 7.56. The Morgan fingerprint density at radius 1 is 1.44 bits per heavy atom. The smallest absolute Gasteiger partial charge is 0.240 e. The molecule has 1 aromatic carbocycles. The molecule has 16 heavy (non-hydrogen) atoms. The molecule has 0 aromatic heterocycles. The van der Waals surface area contributed by atoms with Crippen molar-refractivity contribution < 1.29 is 4.79 Å². The van der Waals surface area contributed by atoms with Crippen LogP contribution in [0.2, 0.25) is 0 Å². The lowest BCUT2D eigenvalue weighted by atomic mass is 10.1. The van der Waals surface area contributed by atoms with Gasteiger partial charge in [-0.3, -0.25) is 4.79 Å². The minimum Gasteiger partial charge on any atom is -0.350 e. The molecule has 1 aliphatic rings. The number of carbonyl (C=O) groups excluding carboxylic acids is 1. The first-order valence-electron chi connectivity index (χ1n) is 5.23. The number of benzene rings is 1. The van der Waals surface area contributed by atoms with Gasteiger partial charge in [0.2, 0.25) is 5.91 Å². The Hall–Kier alpha value is -1.06. The summed E-state index contributed by atoms with van der Waals surface area (Å²) in [5, 5.41) is 2.88. The van der Waals surface area contributed by atoms with Crippen molar-refractivity contribution in [3.8, 4) is 0 Å². The highest BCUT2D eigenvalue weighted by molar-refractivity contribution is 5.88. The number of hydrogen-bond donors (Lipinski definition) is 2. The van der Waals surface area contributed by atoms with E-state index in [4.69, 9.17) is 5.73 Å². The first kappa shape index (κ1) is 13.0. The van der Waals surface area contributed by atoms with Crippen LogP contribution in [-0.2, 0) is 11.3 Å². The third-order valence-corrected chi connectivity index (χ3v) is 2.94. The topological polar surface area (TPSA) is 55.1 Å². The third-order valence-electron chi connectivity index (χ3n) is 2.94. The van der Waals surface area contributed by atoms with Gasteiger partial charge in [-0.25, -0.2) is 0 Å². The Kier molecular flexibility index (Phi) is 3.94. The van der Waals surface area contributed by atoms with E-state index in [0.29, 0.717) is 6.54 Å². The second-order valence-corrected chi connectivity index (χ2v) is 4.27. The van der Waals surface area contributed by atoms with Gasteiger partial charge in [0.1, 0.15) is 0 Å². The number of carbonyl (C=O) groups is 1. The second kappa shape index (κ2) is 4.85. The largest absolute Gasteiger partial charge is 0.350 e. The van der Waals surface area contributed by atoms with E-state index in [1.54, 1.807) is 0 Å². The molecule has 1 fully saturated rings. The highest BCUT2D eigenvalue weighted by Gasteiger charge is 2.45. The van der Waals surface area contributed by atoms with Crippen LogP contribution in [0.15, 0.2) is 24.3 Å². The van der Waals surface area contributed by atoms with Crippen molar-refractivity contribution in [2.75, 3.05) is 0 Å². The van der Waals surface area contributed by atoms with Crippen molar-refractivity contribution in [1.29, 1.82) is 0 Å². The number of hydrogen-bond acceptors (Lipinski definition) is 2. The molecule has 3 nitrogen and oxygen atoms in total. The molecule has 0 saturated heterocycles. The van der Waals surface area contributed by atoms with Crippen molar-refractivity contribution in [2.24, 2.45) is 5.73 Å². The standard InChI is InChI=1S/C12H16N2O.ClH/c1-9-4-2-3-5-10(9)8-14-11(15)12(13)6-7-12;/h2-5H,6-8,13H2,1H3,(H,14,15);1H.